The Bertz CT molecular complexity index is 274. The van der Waals surface area contributed by atoms with Crippen LogP contribution in [0.1, 0.15) is 0 Å². The molecular formula is C5H6BrN5. The van der Waals surface area contributed by atoms with Gasteiger partial charge in [0.1, 0.15) is 0 Å². The molecular weight excluding hydrogens is 210 g/mol. The fraction of sp³-hybridized carbons (Fsp3) is 0.400. The van der Waals surface area contributed by atoms with E-state index in [-0.39, 0.29) is 0 Å². The van der Waals surface area contributed by atoms with E-state index in [1.54, 1.807) is 10.9 Å². The molecule has 0 saturated carbocycles. The van der Waals surface area contributed by atoms with E-state index >= 15 is 0 Å². The molecule has 0 amide bonds. The summed E-state index contributed by atoms with van der Waals surface area (Å²) in [5.41, 5.74) is 7.97. The maximum Gasteiger partial charge on any atom is 0.0632 e. The maximum absolute atomic E-state index is 7.97. The van der Waals surface area contributed by atoms with Crippen molar-refractivity contribution >= 4 is 15.9 Å². The number of halogens is 1. The lowest BCUT2D eigenvalue weighted by molar-refractivity contribution is 0.623. The van der Waals surface area contributed by atoms with Gasteiger partial charge in [0, 0.05) is 24.2 Å². The van der Waals surface area contributed by atoms with Gasteiger partial charge in [0.25, 0.3) is 0 Å². The summed E-state index contributed by atoms with van der Waals surface area (Å²) >= 11 is 3.25. The van der Waals surface area contributed by atoms with Crippen LogP contribution in [0.4, 0.5) is 0 Å². The molecule has 0 aliphatic carbocycles. The lowest BCUT2D eigenvalue weighted by atomic mass is 10.6. The Hall–Kier alpha value is -1.00. The summed E-state index contributed by atoms with van der Waals surface area (Å²) in [6, 6.07) is 0. The zero-order chi connectivity index (χ0) is 8.10. The second-order valence-electron chi connectivity index (χ2n) is 1.88. The number of aromatic nitrogens is 2. The third-order valence-corrected chi connectivity index (χ3v) is 1.50. The van der Waals surface area contributed by atoms with Crippen molar-refractivity contribution < 1.29 is 0 Å². The lowest BCUT2D eigenvalue weighted by Gasteiger charge is -1.93. The quantitative estimate of drug-likeness (QED) is 0.432. The van der Waals surface area contributed by atoms with E-state index in [4.69, 9.17) is 5.53 Å². The average Bonchev–Trinajstić information content (AvgIpc) is 2.37. The molecule has 1 aromatic heterocycles. The highest BCUT2D eigenvalue weighted by Gasteiger charge is 1.91. The first kappa shape index (κ1) is 8.10. The Kier molecular flexibility index (Phi) is 2.95. The van der Waals surface area contributed by atoms with Crippen LogP contribution >= 0.6 is 15.9 Å². The molecule has 0 aliphatic rings. The van der Waals surface area contributed by atoms with Gasteiger partial charge in [0.05, 0.1) is 10.7 Å². The van der Waals surface area contributed by atoms with Crippen LogP contribution in [0.25, 0.3) is 10.4 Å². The van der Waals surface area contributed by atoms with Crippen molar-refractivity contribution in [3.63, 3.8) is 0 Å². The molecule has 6 heteroatoms. The molecule has 1 aromatic rings. The largest absolute Gasteiger partial charge is 0.271 e. The smallest absolute Gasteiger partial charge is 0.0632 e. The normalized spacial score (nSPS) is 9.18. The minimum absolute atomic E-state index is 0.435. The SMILES string of the molecule is [N-]=[N+]=NCCn1cc(Br)cn1. The molecule has 1 rings (SSSR count). The third kappa shape index (κ3) is 2.61. The van der Waals surface area contributed by atoms with Gasteiger partial charge < -0.3 is 0 Å². The summed E-state index contributed by atoms with van der Waals surface area (Å²) in [5, 5.41) is 7.35. The van der Waals surface area contributed by atoms with Gasteiger partial charge in [-0.05, 0) is 21.5 Å². The zero-order valence-electron chi connectivity index (χ0n) is 5.68. The summed E-state index contributed by atoms with van der Waals surface area (Å²) in [4.78, 5) is 2.63. The van der Waals surface area contributed by atoms with Crippen LogP contribution in [0.2, 0.25) is 0 Å². The van der Waals surface area contributed by atoms with Gasteiger partial charge in [0.2, 0.25) is 0 Å². The topological polar surface area (TPSA) is 66.6 Å². The van der Waals surface area contributed by atoms with Crippen LogP contribution in [0.3, 0.4) is 0 Å². The summed E-state index contributed by atoms with van der Waals surface area (Å²) in [6.45, 7) is 1.06. The Morgan fingerprint density at radius 1 is 1.82 bits per heavy atom. The van der Waals surface area contributed by atoms with Gasteiger partial charge in [-0.2, -0.15) is 5.10 Å². The Morgan fingerprint density at radius 2 is 2.64 bits per heavy atom. The molecule has 5 nitrogen and oxygen atoms in total. The molecule has 1 heterocycles. The Balaban J connectivity index is 2.44. The maximum atomic E-state index is 7.97. The lowest BCUT2D eigenvalue weighted by Crippen LogP contribution is -2.00. The van der Waals surface area contributed by atoms with Gasteiger partial charge in [-0.15, -0.1) is 0 Å². The van der Waals surface area contributed by atoms with E-state index in [1.807, 2.05) is 6.20 Å². The molecule has 0 unspecified atom stereocenters. The Morgan fingerprint density at radius 3 is 3.18 bits per heavy atom. The van der Waals surface area contributed by atoms with E-state index in [0.29, 0.717) is 13.1 Å². The fourth-order valence-corrected chi connectivity index (χ4v) is 0.980. The van der Waals surface area contributed by atoms with Crippen molar-refractivity contribution in [1.29, 1.82) is 0 Å². The summed E-state index contributed by atoms with van der Waals surface area (Å²) < 4.78 is 2.64. The Labute approximate surface area is 71.8 Å². The first-order valence-corrected chi connectivity index (χ1v) is 3.81. The molecule has 0 bridgehead atoms. The summed E-state index contributed by atoms with van der Waals surface area (Å²) in [6.07, 6.45) is 3.52. The minimum atomic E-state index is 0.435. The molecule has 0 fully saturated rings. The van der Waals surface area contributed by atoms with E-state index in [1.165, 1.54) is 0 Å². The van der Waals surface area contributed by atoms with Gasteiger partial charge in [-0.3, -0.25) is 4.68 Å². The molecule has 0 saturated heterocycles. The van der Waals surface area contributed by atoms with Gasteiger partial charge in [0.15, 0.2) is 0 Å². The zero-order valence-corrected chi connectivity index (χ0v) is 7.27. The molecule has 0 aromatic carbocycles. The molecule has 0 aliphatic heterocycles. The monoisotopic (exact) mass is 215 g/mol. The van der Waals surface area contributed by atoms with Crippen LogP contribution in [-0.4, -0.2) is 16.3 Å². The van der Waals surface area contributed by atoms with Crippen LogP contribution < -0.4 is 0 Å². The number of hydrogen-bond acceptors (Lipinski definition) is 2. The second-order valence-corrected chi connectivity index (χ2v) is 2.79. The van der Waals surface area contributed by atoms with Crippen molar-refractivity contribution in [3.05, 3.63) is 27.3 Å². The van der Waals surface area contributed by atoms with E-state index in [2.05, 4.69) is 31.1 Å². The van der Waals surface area contributed by atoms with E-state index < -0.39 is 0 Å². The van der Waals surface area contributed by atoms with Crippen LogP contribution in [0, 0.1) is 0 Å². The molecule has 0 radical (unpaired) electrons. The fourth-order valence-electron chi connectivity index (χ4n) is 0.653. The van der Waals surface area contributed by atoms with Gasteiger partial charge in [-0.25, -0.2) is 0 Å². The molecule has 58 valence electrons. The number of hydrogen-bond donors (Lipinski definition) is 0. The molecule has 0 atom stereocenters. The second kappa shape index (κ2) is 4.00. The number of azide groups is 1. The van der Waals surface area contributed by atoms with Crippen LogP contribution in [0.15, 0.2) is 22.0 Å². The van der Waals surface area contributed by atoms with Gasteiger partial charge in [-0.1, -0.05) is 5.11 Å². The first-order chi connectivity index (χ1) is 5.33. The summed E-state index contributed by atoms with van der Waals surface area (Å²) in [5.74, 6) is 0. The minimum Gasteiger partial charge on any atom is -0.271 e. The van der Waals surface area contributed by atoms with Crippen molar-refractivity contribution in [2.45, 2.75) is 6.54 Å². The third-order valence-electron chi connectivity index (χ3n) is 1.09. The highest BCUT2D eigenvalue weighted by atomic mass is 79.9. The predicted octanol–water partition coefficient (Wildman–Crippen LogP) is 1.96. The average molecular weight is 216 g/mol. The van der Waals surface area contributed by atoms with Crippen molar-refractivity contribution in [3.8, 4) is 0 Å². The van der Waals surface area contributed by atoms with E-state index in [0.717, 1.165) is 4.47 Å². The highest BCUT2D eigenvalue weighted by Crippen LogP contribution is 2.05. The molecule has 0 spiro atoms. The molecule has 0 N–H and O–H groups in total. The first-order valence-electron chi connectivity index (χ1n) is 3.02. The summed E-state index contributed by atoms with van der Waals surface area (Å²) in [7, 11) is 0. The van der Waals surface area contributed by atoms with E-state index in [9.17, 15) is 0 Å². The van der Waals surface area contributed by atoms with Crippen LogP contribution in [0.5, 0.6) is 0 Å². The predicted molar refractivity (Wildman–Crippen MR) is 43.9 cm³/mol. The van der Waals surface area contributed by atoms with Crippen molar-refractivity contribution in [2.75, 3.05) is 6.54 Å². The van der Waals surface area contributed by atoms with Crippen molar-refractivity contribution in [2.24, 2.45) is 5.11 Å². The highest BCUT2D eigenvalue weighted by molar-refractivity contribution is 9.10. The van der Waals surface area contributed by atoms with Crippen LogP contribution in [-0.2, 0) is 6.54 Å². The van der Waals surface area contributed by atoms with Gasteiger partial charge >= 0.3 is 0 Å². The standard InChI is InChI=1S/C5H6BrN5/c6-5-3-9-11(4-5)2-1-8-10-7/h3-4H,1-2H2. The van der Waals surface area contributed by atoms with Crippen molar-refractivity contribution in [1.82, 2.24) is 9.78 Å². The molecule has 11 heavy (non-hydrogen) atoms. The number of rotatable bonds is 3. The number of nitrogens with zero attached hydrogens (tertiary/aromatic N) is 5.